The Bertz CT molecular complexity index is 221. The van der Waals surface area contributed by atoms with E-state index in [1.54, 1.807) is 6.42 Å². The molecule has 2 fully saturated rings. The molecule has 2 N–H and O–H groups in total. The minimum atomic E-state index is 0.627. The second-order valence-electron chi connectivity index (χ2n) is 5.99. The van der Waals surface area contributed by atoms with E-state index in [1.165, 1.54) is 32.1 Å². The summed E-state index contributed by atoms with van der Waals surface area (Å²) in [7, 11) is 1.96. The molecule has 2 aliphatic rings. The van der Waals surface area contributed by atoms with Gasteiger partial charge in [-0.05, 0) is 57.4 Å². The molecule has 3 atom stereocenters. The first kappa shape index (κ1) is 23.9. The lowest BCUT2D eigenvalue weighted by Gasteiger charge is -2.29. The van der Waals surface area contributed by atoms with Crippen molar-refractivity contribution in [2.24, 2.45) is 17.8 Å². The molecule has 0 aromatic heterocycles. The highest BCUT2D eigenvalue weighted by Gasteiger charge is 2.34. The number of rotatable bonds is 5. The molecule has 0 heterocycles. The van der Waals surface area contributed by atoms with Crippen LogP contribution in [0.5, 0.6) is 0 Å². The molecular formula is C19H42N2O. The van der Waals surface area contributed by atoms with Gasteiger partial charge in [0.15, 0.2) is 0 Å². The molecule has 0 aromatic carbocycles. The third-order valence-electron chi connectivity index (χ3n) is 4.23. The highest BCUT2D eigenvalue weighted by molar-refractivity contribution is 5.48. The minimum absolute atomic E-state index is 0.627. The van der Waals surface area contributed by atoms with Gasteiger partial charge in [0.25, 0.3) is 0 Å². The van der Waals surface area contributed by atoms with Crippen LogP contribution in [-0.2, 0) is 4.79 Å². The Hall–Kier alpha value is -0.410. The molecule has 0 spiro atoms. The fraction of sp³-hybridized carbons (Fsp3) is 0.947. The lowest BCUT2D eigenvalue weighted by atomic mass is 9.78. The normalized spacial score (nSPS) is 26.2. The highest BCUT2D eigenvalue weighted by Crippen LogP contribution is 2.45. The Kier molecular flexibility index (Phi) is 18.4. The van der Waals surface area contributed by atoms with Gasteiger partial charge in [0.1, 0.15) is 6.29 Å². The van der Waals surface area contributed by atoms with Crippen molar-refractivity contribution in [2.75, 3.05) is 7.05 Å². The number of hydrogen-bond donors (Lipinski definition) is 2. The Labute approximate surface area is 140 Å². The van der Waals surface area contributed by atoms with Crippen LogP contribution >= 0.6 is 0 Å². The average molecular weight is 315 g/mol. The highest BCUT2D eigenvalue weighted by atomic mass is 16.1. The van der Waals surface area contributed by atoms with Gasteiger partial charge in [-0.2, -0.15) is 0 Å². The van der Waals surface area contributed by atoms with Crippen LogP contribution in [0.25, 0.3) is 0 Å². The molecule has 3 nitrogen and oxygen atoms in total. The zero-order valence-corrected chi connectivity index (χ0v) is 16.2. The summed E-state index contributed by atoms with van der Waals surface area (Å²) < 4.78 is 0. The second-order valence-corrected chi connectivity index (χ2v) is 5.99. The van der Waals surface area contributed by atoms with E-state index < -0.39 is 0 Å². The van der Waals surface area contributed by atoms with Crippen LogP contribution in [0, 0.1) is 17.8 Å². The van der Waals surface area contributed by atoms with Gasteiger partial charge in [0.2, 0.25) is 0 Å². The standard InChI is InChI=1S/C12H24N2.C3H6O.2C2H6/c1-9(14-13-2)5-12-7-10-3-4-11(6-10)8-12;1-2-3-4;2*1-2/h9-14H,3-8H2,1-2H3;3H,2H2,1H3;2*1-2H3. The van der Waals surface area contributed by atoms with Gasteiger partial charge in [-0.3, -0.25) is 10.9 Å². The van der Waals surface area contributed by atoms with Crippen LogP contribution in [0.1, 0.15) is 86.5 Å². The van der Waals surface area contributed by atoms with Gasteiger partial charge in [-0.1, -0.05) is 47.5 Å². The Balaban J connectivity index is 0. The third kappa shape index (κ3) is 11.2. The van der Waals surface area contributed by atoms with Crippen LogP contribution in [0.2, 0.25) is 0 Å². The van der Waals surface area contributed by atoms with Crippen molar-refractivity contribution in [2.45, 2.75) is 92.5 Å². The van der Waals surface area contributed by atoms with E-state index >= 15 is 0 Å². The number of hydrogen-bond acceptors (Lipinski definition) is 3. The fourth-order valence-electron chi connectivity index (χ4n) is 3.64. The number of fused-ring (bicyclic) bond motifs is 2. The molecule has 3 unspecified atom stereocenters. The van der Waals surface area contributed by atoms with Crippen LogP contribution in [0.15, 0.2) is 0 Å². The Morgan fingerprint density at radius 2 is 1.50 bits per heavy atom. The summed E-state index contributed by atoms with van der Waals surface area (Å²) in [5, 5.41) is 0. The predicted octanol–water partition coefficient (Wildman–Crippen LogP) is 4.96. The SMILES string of the molecule is CC.CC.CCC=O.CNNC(C)CC1CC2CCC(C2)C1. The van der Waals surface area contributed by atoms with Gasteiger partial charge in [-0.25, -0.2) is 0 Å². The molecule has 0 aliphatic heterocycles. The second kappa shape index (κ2) is 17.0. The fourth-order valence-corrected chi connectivity index (χ4v) is 3.64. The number of nitrogens with one attached hydrogen (secondary N) is 2. The van der Waals surface area contributed by atoms with E-state index in [9.17, 15) is 4.79 Å². The lowest BCUT2D eigenvalue weighted by Crippen LogP contribution is -2.38. The van der Waals surface area contributed by atoms with Gasteiger partial charge in [0.05, 0.1) is 0 Å². The molecule has 0 radical (unpaired) electrons. The average Bonchev–Trinajstić information content (AvgIpc) is 2.90. The molecular weight excluding hydrogens is 272 g/mol. The molecule has 2 bridgehead atoms. The smallest absolute Gasteiger partial charge is 0.119 e. The molecule has 0 aromatic rings. The molecule has 3 heteroatoms. The van der Waals surface area contributed by atoms with Crippen LogP contribution in [0.4, 0.5) is 0 Å². The van der Waals surface area contributed by atoms with E-state index in [2.05, 4.69) is 17.8 Å². The van der Waals surface area contributed by atoms with E-state index in [1.807, 2.05) is 41.7 Å². The topological polar surface area (TPSA) is 41.1 Å². The summed E-state index contributed by atoms with van der Waals surface area (Å²) in [6, 6.07) is 0.627. The molecule has 22 heavy (non-hydrogen) atoms. The maximum absolute atomic E-state index is 9.17. The lowest BCUT2D eigenvalue weighted by molar-refractivity contribution is -0.107. The molecule has 2 saturated carbocycles. The van der Waals surface area contributed by atoms with Crippen LogP contribution in [-0.4, -0.2) is 19.4 Å². The summed E-state index contributed by atoms with van der Waals surface area (Å²) >= 11 is 0. The Morgan fingerprint density at radius 3 is 1.86 bits per heavy atom. The number of carbonyl (C=O) groups is 1. The summed E-state index contributed by atoms with van der Waals surface area (Å²) in [5.74, 6) is 3.16. The molecule has 2 aliphatic carbocycles. The minimum Gasteiger partial charge on any atom is -0.303 e. The zero-order chi connectivity index (χ0) is 17.4. The van der Waals surface area contributed by atoms with E-state index in [0.29, 0.717) is 12.5 Å². The summed E-state index contributed by atoms with van der Waals surface area (Å²) in [4.78, 5) is 9.17. The zero-order valence-electron chi connectivity index (χ0n) is 16.2. The monoisotopic (exact) mass is 314 g/mol. The molecule has 0 amide bonds. The van der Waals surface area contributed by atoms with Crippen molar-refractivity contribution in [1.29, 1.82) is 0 Å². The molecule has 0 saturated heterocycles. The summed E-state index contributed by atoms with van der Waals surface area (Å²) in [6.07, 6.45) is 10.5. The van der Waals surface area contributed by atoms with Gasteiger partial charge in [0, 0.05) is 12.5 Å². The number of carbonyl (C=O) groups excluding carboxylic acids is 1. The van der Waals surface area contributed by atoms with E-state index in [0.717, 1.165) is 24.0 Å². The van der Waals surface area contributed by atoms with Crippen molar-refractivity contribution >= 4 is 6.29 Å². The van der Waals surface area contributed by atoms with Gasteiger partial charge < -0.3 is 4.79 Å². The maximum atomic E-state index is 9.17. The van der Waals surface area contributed by atoms with Crippen LogP contribution < -0.4 is 10.9 Å². The third-order valence-corrected chi connectivity index (χ3v) is 4.23. The number of aldehydes is 1. The van der Waals surface area contributed by atoms with Crippen molar-refractivity contribution in [3.63, 3.8) is 0 Å². The first-order valence-electron chi connectivity index (χ1n) is 9.55. The van der Waals surface area contributed by atoms with Crippen molar-refractivity contribution in [3.05, 3.63) is 0 Å². The largest absolute Gasteiger partial charge is 0.303 e. The van der Waals surface area contributed by atoms with Crippen molar-refractivity contribution in [1.82, 2.24) is 10.9 Å². The van der Waals surface area contributed by atoms with Gasteiger partial charge in [-0.15, -0.1) is 0 Å². The Morgan fingerprint density at radius 1 is 1.05 bits per heavy atom. The maximum Gasteiger partial charge on any atom is 0.119 e. The summed E-state index contributed by atoms with van der Waals surface area (Å²) in [5.41, 5.74) is 6.34. The summed E-state index contributed by atoms with van der Waals surface area (Å²) in [6.45, 7) is 12.1. The van der Waals surface area contributed by atoms with Gasteiger partial charge >= 0.3 is 0 Å². The van der Waals surface area contributed by atoms with Crippen molar-refractivity contribution in [3.8, 4) is 0 Å². The van der Waals surface area contributed by atoms with E-state index in [-0.39, 0.29) is 0 Å². The first-order valence-corrected chi connectivity index (χ1v) is 9.55. The molecule has 134 valence electrons. The quantitative estimate of drug-likeness (QED) is 0.556. The van der Waals surface area contributed by atoms with Crippen molar-refractivity contribution < 1.29 is 4.79 Å². The first-order chi connectivity index (χ1) is 10.7. The van der Waals surface area contributed by atoms with E-state index in [4.69, 9.17) is 0 Å². The number of hydrazine groups is 1. The molecule has 2 rings (SSSR count). The van der Waals surface area contributed by atoms with Crippen LogP contribution in [0.3, 0.4) is 0 Å². The predicted molar refractivity (Wildman–Crippen MR) is 98.9 cm³/mol.